The van der Waals surface area contributed by atoms with Crippen LogP contribution in [0.4, 0.5) is 0 Å². The van der Waals surface area contributed by atoms with Crippen LogP contribution in [-0.2, 0) is 14.3 Å². The highest BCUT2D eigenvalue weighted by Gasteiger charge is 2.32. The van der Waals surface area contributed by atoms with E-state index in [1.165, 1.54) is 0 Å². The van der Waals surface area contributed by atoms with E-state index < -0.39 is 0 Å². The molecule has 0 saturated carbocycles. The predicted molar refractivity (Wildman–Crippen MR) is 70.4 cm³/mol. The third-order valence-corrected chi connectivity index (χ3v) is 3.75. The lowest BCUT2D eigenvalue weighted by atomic mass is 10.1. The van der Waals surface area contributed by atoms with Crippen molar-refractivity contribution in [3.05, 3.63) is 0 Å². The van der Waals surface area contributed by atoms with Crippen LogP contribution in [0.15, 0.2) is 0 Å². The number of hydrogen-bond donors (Lipinski definition) is 2. The van der Waals surface area contributed by atoms with Crippen molar-refractivity contribution in [3.63, 3.8) is 0 Å². The molecular weight excluding hydrogens is 246 g/mol. The number of ether oxygens (including phenoxy) is 1. The molecule has 0 unspecified atom stereocenters. The van der Waals surface area contributed by atoms with Gasteiger partial charge in [0.25, 0.3) is 0 Å². The molecule has 6 heteroatoms. The minimum Gasteiger partial charge on any atom is -0.378 e. The van der Waals surface area contributed by atoms with Crippen molar-refractivity contribution in [3.8, 4) is 0 Å². The molecule has 19 heavy (non-hydrogen) atoms. The minimum atomic E-state index is -0.304. The highest BCUT2D eigenvalue weighted by atomic mass is 16.5. The molecule has 0 bridgehead atoms. The Bertz CT molecular complexity index is 327. The highest BCUT2D eigenvalue weighted by Crippen LogP contribution is 2.17. The number of hydrogen-bond acceptors (Lipinski definition) is 4. The number of rotatable bonds is 5. The summed E-state index contributed by atoms with van der Waals surface area (Å²) in [7, 11) is 0. The lowest BCUT2D eigenvalue weighted by Crippen LogP contribution is -2.48. The van der Waals surface area contributed by atoms with Gasteiger partial charge in [-0.3, -0.25) is 9.59 Å². The van der Waals surface area contributed by atoms with Crippen LogP contribution >= 0.6 is 0 Å². The number of nitrogens with two attached hydrogens (primary N) is 1. The van der Waals surface area contributed by atoms with Crippen LogP contribution in [0.5, 0.6) is 0 Å². The van der Waals surface area contributed by atoms with E-state index in [1.54, 1.807) is 0 Å². The summed E-state index contributed by atoms with van der Waals surface area (Å²) in [6, 6.07) is -0.304. The molecule has 2 saturated heterocycles. The molecule has 2 heterocycles. The lowest BCUT2D eigenvalue weighted by molar-refractivity contribution is -0.136. The molecule has 108 valence electrons. The number of nitrogens with zero attached hydrogens (tertiary/aromatic N) is 1. The topological polar surface area (TPSA) is 84.7 Å². The Kier molecular flexibility index (Phi) is 5.15. The first-order valence-corrected chi connectivity index (χ1v) is 7.10. The van der Waals surface area contributed by atoms with Gasteiger partial charge >= 0.3 is 0 Å². The van der Waals surface area contributed by atoms with Crippen molar-refractivity contribution in [2.45, 2.75) is 44.2 Å². The van der Waals surface area contributed by atoms with Crippen LogP contribution in [0.3, 0.4) is 0 Å². The van der Waals surface area contributed by atoms with Gasteiger partial charge in [-0.2, -0.15) is 0 Å². The summed E-state index contributed by atoms with van der Waals surface area (Å²) in [6.07, 6.45) is 3.97. The average molecular weight is 269 g/mol. The van der Waals surface area contributed by atoms with E-state index in [9.17, 15) is 9.59 Å². The van der Waals surface area contributed by atoms with Gasteiger partial charge in [0.15, 0.2) is 0 Å². The van der Waals surface area contributed by atoms with Crippen molar-refractivity contribution in [1.29, 1.82) is 0 Å². The number of amides is 2. The van der Waals surface area contributed by atoms with Gasteiger partial charge in [0.2, 0.25) is 11.8 Å². The van der Waals surface area contributed by atoms with Gasteiger partial charge in [0.05, 0.1) is 6.10 Å². The fourth-order valence-electron chi connectivity index (χ4n) is 2.60. The van der Waals surface area contributed by atoms with Gasteiger partial charge in [-0.25, -0.2) is 0 Å². The second kappa shape index (κ2) is 6.86. The maximum atomic E-state index is 12.2. The summed E-state index contributed by atoms with van der Waals surface area (Å²) in [5, 5.41) is 2.73. The molecule has 0 aromatic heterocycles. The number of likely N-dealkylation sites (tertiary alicyclic amines) is 1. The summed E-state index contributed by atoms with van der Waals surface area (Å²) in [4.78, 5) is 25.1. The summed E-state index contributed by atoms with van der Waals surface area (Å²) in [5.41, 5.74) is 5.42. The number of nitrogens with one attached hydrogen (secondary N) is 1. The third kappa shape index (κ3) is 3.91. The van der Waals surface area contributed by atoms with Crippen molar-refractivity contribution in [2.24, 2.45) is 5.73 Å². The summed E-state index contributed by atoms with van der Waals surface area (Å²) >= 11 is 0. The van der Waals surface area contributed by atoms with Gasteiger partial charge in [0.1, 0.15) is 6.04 Å². The Morgan fingerprint density at radius 1 is 1.37 bits per heavy atom. The first-order valence-electron chi connectivity index (χ1n) is 7.10. The minimum absolute atomic E-state index is 0.0154. The van der Waals surface area contributed by atoms with Crippen LogP contribution < -0.4 is 11.1 Å². The molecular formula is C13H23N3O3. The molecule has 2 aliphatic rings. The molecule has 1 atom stereocenters. The average Bonchev–Trinajstić information content (AvgIpc) is 2.86. The van der Waals surface area contributed by atoms with E-state index in [-0.39, 0.29) is 24.0 Å². The maximum Gasteiger partial charge on any atom is 0.245 e. The molecule has 0 aromatic carbocycles. The highest BCUT2D eigenvalue weighted by molar-refractivity contribution is 5.90. The molecule has 2 fully saturated rings. The zero-order chi connectivity index (χ0) is 13.7. The fraction of sp³-hybridized carbons (Fsp3) is 0.846. The van der Waals surface area contributed by atoms with Gasteiger partial charge in [-0.1, -0.05) is 0 Å². The zero-order valence-electron chi connectivity index (χ0n) is 11.3. The van der Waals surface area contributed by atoms with Crippen LogP contribution in [0.1, 0.15) is 32.1 Å². The van der Waals surface area contributed by atoms with Crippen LogP contribution in [0, 0.1) is 0 Å². The molecule has 0 spiro atoms. The molecule has 2 aliphatic heterocycles. The third-order valence-electron chi connectivity index (χ3n) is 3.75. The van der Waals surface area contributed by atoms with Gasteiger partial charge < -0.3 is 20.7 Å². The van der Waals surface area contributed by atoms with Crippen molar-refractivity contribution < 1.29 is 14.3 Å². The number of piperidine rings is 1. The van der Waals surface area contributed by atoms with Crippen LogP contribution in [-0.4, -0.2) is 55.1 Å². The van der Waals surface area contributed by atoms with Crippen LogP contribution in [0.2, 0.25) is 0 Å². The largest absolute Gasteiger partial charge is 0.378 e. The molecule has 2 rings (SSSR count). The SMILES string of the molecule is NCCCOC1CCN(C(=O)[C@@H]2CCC(=O)N2)CC1. The van der Waals surface area contributed by atoms with Crippen molar-refractivity contribution >= 4 is 11.8 Å². The van der Waals surface area contributed by atoms with E-state index in [4.69, 9.17) is 10.5 Å². The van der Waals surface area contributed by atoms with Crippen molar-refractivity contribution in [2.75, 3.05) is 26.2 Å². The van der Waals surface area contributed by atoms with Gasteiger partial charge in [0, 0.05) is 26.1 Å². The number of carbonyl (C=O) groups is 2. The Labute approximate surface area is 113 Å². The molecule has 0 radical (unpaired) electrons. The second-order valence-electron chi connectivity index (χ2n) is 5.20. The summed E-state index contributed by atoms with van der Waals surface area (Å²) < 4.78 is 5.71. The molecule has 0 aliphatic carbocycles. The Morgan fingerprint density at radius 3 is 2.68 bits per heavy atom. The molecule has 0 aromatic rings. The zero-order valence-corrected chi connectivity index (χ0v) is 11.3. The van der Waals surface area contributed by atoms with E-state index in [0.29, 0.717) is 26.0 Å². The Hall–Kier alpha value is -1.14. The van der Waals surface area contributed by atoms with E-state index >= 15 is 0 Å². The smallest absolute Gasteiger partial charge is 0.245 e. The molecule has 6 nitrogen and oxygen atoms in total. The predicted octanol–water partition coefficient (Wildman–Crippen LogP) is -0.379. The van der Waals surface area contributed by atoms with E-state index in [2.05, 4.69) is 5.32 Å². The Balaban J connectivity index is 1.70. The monoisotopic (exact) mass is 269 g/mol. The first-order chi connectivity index (χ1) is 9.20. The molecule has 2 amide bonds. The van der Waals surface area contributed by atoms with E-state index in [1.807, 2.05) is 4.90 Å². The van der Waals surface area contributed by atoms with Gasteiger partial charge in [-0.05, 0) is 32.2 Å². The van der Waals surface area contributed by atoms with E-state index in [0.717, 1.165) is 32.4 Å². The van der Waals surface area contributed by atoms with Crippen LogP contribution in [0.25, 0.3) is 0 Å². The summed E-state index contributed by atoms with van der Waals surface area (Å²) in [6.45, 7) is 2.80. The maximum absolute atomic E-state index is 12.2. The molecule has 3 N–H and O–H groups in total. The first kappa shape index (κ1) is 14.3. The fourth-order valence-corrected chi connectivity index (χ4v) is 2.60. The second-order valence-corrected chi connectivity index (χ2v) is 5.20. The normalized spacial score (nSPS) is 24.6. The Morgan fingerprint density at radius 2 is 2.11 bits per heavy atom. The lowest BCUT2D eigenvalue weighted by Gasteiger charge is -2.33. The van der Waals surface area contributed by atoms with Gasteiger partial charge in [-0.15, -0.1) is 0 Å². The number of carbonyl (C=O) groups excluding carboxylic acids is 2. The quantitative estimate of drug-likeness (QED) is 0.666. The summed E-state index contributed by atoms with van der Waals surface area (Å²) in [5.74, 6) is 0.0459. The standard InChI is InChI=1S/C13H23N3O3/c14-6-1-9-19-10-4-7-16(8-5-10)13(18)11-2-3-12(17)15-11/h10-11H,1-9,14H2,(H,15,17)/t11-/m0/s1. The van der Waals surface area contributed by atoms with Crippen molar-refractivity contribution in [1.82, 2.24) is 10.2 Å².